The quantitative estimate of drug-likeness (QED) is 0.856. The molecule has 2 amide bonds. The molecule has 0 aromatic heterocycles. The van der Waals surface area contributed by atoms with E-state index in [0.29, 0.717) is 13.0 Å². The maximum Gasteiger partial charge on any atom is 0.240 e. The average Bonchev–Trinajstić information content (AvgIpc) is 2.47. The minimum absolute atomic E-state index is 0. The minimum atomic E-state index is -0.128. The smallest absolute Gasteiger partial charge is 0.240 e. The van der Waals surface area contributed by atoms with Crippen molar-refractivity contribution in [3.63, 3.8) is 0 Å². The summed E-state index contributed by atoms with van der Waals surface area (Å²) in [6.07, 6.45) is 1.22. The maximum absolute atomic E-state index is 12.0. The van der Waals surface area contributed by atoms with Gasteiger partial charge in [-0.2, -0.15) is 0 Å². The summed E-state index contributed by atoms with van der Waals surface area (Å²) < 4.78 is 0. The molecule has 1 atom stereocenters. The van der Waals surface area contributed by atoms with Gasteiger partial charge in [0.15, 0.2) is 0 Å². The lowest BCUT2D eigenvalue weighted by molar-refractivity contribution is -0.124. The molecule has 1 unspecified atom stereocenters. The van der Waals surface area contributed by atoms with E-state index in [1.165, 1.54) is 0 Å². The average molecular weight is 312 g/mol. The number of carbonyl (C=O) groups excluding carboxylic acids is 2. The normalized spacial score (nSPS) is 15.0. The monoisotopic (exact) mass is 311 g/mol. The van der Waals surface area contributed by atoms with Crippen LogP contribution in [0, 0.1) is 0 Å². The molecule has 1 aromatic rings. The van der Waals surface area contributed by atoms with Gasteiger partial charge in [-0.15, -0.1) is 12.4 Å². The number of aryl methyl sites for hydroxylation is 1. The van der Waals surface area contributed by atoms with Crippen molar-refractivity contribution in [1.82, 2.24) is 10.6 Å². The van der Waals surface area contributed by atoms with Crippen LogP contribution >= 0.6 is 12.4 Å². The van der Waals surface area contributed by atoms with Crippen molar-refractivity contribution in [3.8, 4) is 0 Å². The van der Waals surface area contributed by atoms with Gasteiger partial charge < -0.3 is 15.5 Å². The van der Waals surface area contributed by atoms with Gasteiger partial charge in [-0.05, 0) is 32.0 Å². The zero-order valence-corrected chi connectivity index (χ0v) is 13.2. The lowest BCUT2D eigenvalue weighted by Gasteiger charge is -2.29. The van der Waals surface area contributed by atoms with Gasteiger partial charge in [0.1, 0.15) is 6.54 Å². The highest BCUT2D eigenvalue weighted by Crippen LogP contribution is 2.26. The third kappa shape index (κ3) is 4.44. The second kappa shape index (κ2) is 8.00. The third-order valence-electron chi connectivity index (χ3n) is 3.59. The van der Waals surface area contributed by atoms with Crippen molar-refractivity contribution < 1.29 is 9.59 Å². The molecule has 21 heavy (non-hydrogen) atoms. The Morgan fingerprint density at radius 2 is 2.05 bits per heavy atom. The Bertz CT molecular complexity index is 507. The van der Waals surface area contributed by atoms with Gasteiger partial charge >= 0.3 is 0 Å². The van der Waals surface area contributed by atoms with Crippen molar-refractivity contribution >= 4 is 29.9 Å². The van der Waals surface area contributed by atoms with E-state index in [2.05, 4.69) is 10.6 Å². The number of benzene rings is 1. The number of anilines is 1. The second-order valence-electron chi connectivity index (χ2n) is 5.10. The molecule has 116 valence electrons. The largest absolute Gasteiger partial charge is 0.353 e. The number of carbonyl (C=O) groups is 2. The highest BCUT2D eigenvalue weighted by Gasteiger charge is 2.25. The second-order valence-corrected chi connectivity index (χ2v) is 5.10. The van der Waals surface area contributed by atoms with E-state index in [4.69, 9.17) is 0 Å². The van der Waals surface area contributed by atoms with Crippen LogP contribution in [0.1, 0.15) is 18.9 Å². The topological polar surface area (TPSA) is 61.4 Å². The fourth-order valence-electron chi connectivity index (χ4n) is 2.24. The number of rotatable bonds is 5. The van der Waals surface area contributed by atoms with Crippen molar-refractivity contribution in [2.24, 2.45) is 0 Å². The molecule has 2 N–H and O–H groups in total. The zero-order chi connectivity index (χ0) is 14.5. The van der Waals surface area contributed by atoms with E-state index in [1.807, 2.05) is 38.2 Å². The molecule has 0 bridgehead atoms. The van der Waals surface area contributed by atoms with E-state index < -0.39 is 0 Å². The highest BCUT2D eigenvalue weighted by atomic mass is 35.5. The van der Waals surface area contributed by atoms with Gasteiger partial charge in [0, 0.05) is 24.7 Å². The molecule has 2 rings (SSSR count). The molecular weight excluding hydrogens is 290 g/mol. The first-order valence-corrected chi connectivity index (χ1v) is 6.94. The Morgan fingerprint density at radius 3 is 2.76 bits per heavy atom. The molecule has 0 spiro atoms. The number of likely N-dealkylation sites (N-methyl/N-ethyl adjacent to an activating group) is 1. The van der Waals surface area contributed by atoms with Crippen LogP contribution in [0.5, 0.6) is 0 Å². The van der Waals surface area contributed by atoms with Crippen LogP contribution in [-0.4, -0.2) is 38.0 Å². The lowest BCUT2D eigenvalue weighted by Crippen LogP contribution is -2.45. The van der Waals surface area contributed by atoms with Gasteiger partial charge in [0.25, 0.3) is 0 Å². The lowest BCUT2D eigenvalue weighted by atomic mass is 10.0. The Hall–Kier alpha value is -1.59. The number of fused-ring (bicyclic) bond motifs is 1. The summed E-state index contributed by atoms with van der Waals surface area (Å²) in [7, 11) is 1.85. The van der Waals surface area contributed by atoms with Crippen molar-refractivity contribution in [3.05, 3.63) is 29.8 Å². The van der Waals surface area contributed by atoms with Crippen molar-refractivity contribution in [2.75, 3.05) is 25.0 Å². The van der Waals surface area contributed by atoms with Gasteiger partial charge in [-0.1, -0.05) is 18.2 Å². The molecule has 1 heterocycles. The number of nitrogens with one attached hydrogen (secondary N) is 2. The predicted molar refractivity (Wildman–Crippen MR) is 85.9 cm³/mol. The summed E-state index contributed by atoms with van der Waals surface area (Å²) in [6.45, 7) is 2.63. The number of hydrogen-bond donors (Lipinski definition) is 2. The van der Waals surface area contributed by atoms with Crippen molar-refractivity contribution in [1.29, 1.82) is 0 Å². The summed E-state index contributed by atoms with van der Waals surface area (Å²) in [4.78, 5) is 25.6. The summed E-state index contributed by atoms with van der Waals surface area (Å²) in [6, 6.07) is 7.97. The molecule has 1 aromatic carbocycles. The Morgan fingerprint density at radius 1 is 1.33 bits per heavy atom. The Labute approximate surface area is 131 Å². The summed E-state index contributed by atoms with van der Waals surface area (Å²) in [5, 5.41) is 5.89. The summed E-state index contributed by atoms with van der Waals surface area (Å²) in [5.41, 5.74) is 1.99. The van der Waals surface area contributed by atoms with Gasteiger partial charge in [-0.25, -0.2) is 0 Å². The fraction of sp³-hybridized carbons (Fsp3) is 0.467. The third-order valence-corrected chi connectivity index (χ3v) is 3.59. The van der Waals surface area contributed by atoms with Crippen molar-refractivity contribution in [2.45, 2.75) is 25.8 Å². The van der Waals surface area contributed by atoms with E-state index >= 15 is 0 Å². The zero-order valence-electron chi connectivity index (χ0n) is 12.4. The van der Waals surface area contributed by atoms with E-state index in [0.717, 1.165) is 17.7 Å². The van der Waals surface area contributed by atoms with Crippen LogP contribution < -0.4 is 15.5 Å². The molecule has 1 aliphatic rings. The number of amides is 2. The fourth-order valence-corrected chi connectivity index (χ4v) is 2.24. The first-order valence-electron chi connectivity index (χ1n) is 6.94. The number of halogens is 1. The molecule has 0 radical (unpaired) electrons. The molecule has 0 saturated carbocycles. The SMILES string of the molecule is CNC(C)CNC(=O)CN1C(=O)CCc2ccccc21.Cl. The maximum atomic E-state index is 12.0. The van der Waals surface area contributed by atoms with Crippen LogP contribution in [0.3, 0.4) is 0 Å². The molecule has 0 saturated heterocycles. The standard InChI is InChI=1S/C15H21N3O2.ClH/c1-11(16-2)9-17-14(19)10-18-13-6-4-3-5-12(13)7-8-15(18)20;/h3-6,11,16H,7-10H2,1-2H3,(H,17,19);1H. The van der Waals surface area contributed by atoms with Crippen LogP contribution in [-0.2, 0) is 16.0 Å². The first kappa shape index (κ1) is 17.5. The van der Waals surface area contributed by atoms with Gasteiger partial charge in [0.05, 0.1) is 0 Å². The molecule has 5 nitrogen and oxygen atoms in total. The molecule has 1 aliphatic heterocycles. The van der Waals surface area contributed by atoms with E-state index in [9.17, 15) is 9.59 Å². The number of para-hydroxylation sites is 1. The highest BCUT2D eigenvalue weighted by molar-refractivity contribution is 6.00. The number of hydrogen-bond acceptors (Lipinski definition) is 3. The first-order chi connectivity index (χ1) is 9.61. The molecule has 0 fully saturated rings. The predicted octanol–water partition coefficient (Wildman–Crippen LogP) is 1.11. The Balaban J connectivity index is 0.00000220. The van der Waals surface area contributed by atoms with Crippen LogP contribution in [0.4, 0.5) is 5.69 Å². The Kier molecular flexibility index (Phi) is 6.65. The van der Waals surface area contributed by atoms with Gasteiger partial charge in [0.2, 0.25) is 11.8 Å². The molecular formula is C15H22ClN3O2. The molecule has 0 aliphatic carbocycles. The summed E-state index contributed by atoms with van der Waals surface area (Å²) >= 11 is 0. The van der Waals surface area contributed by atoms with Crippen LogP contribution in [0.25, 0.3) is 0 Å². The van der Waals surface area contributed by atoms with E-state index in [-0.39, 0.29) is 36.8 Å². The number of nitrogens with zero attached hydrogens (tertiary/aromatic N) is 1. The van der Waals surface area contributed by atoms with Gasteiger partial charge in [-0.3, -0.25) is 9.59 Å². The van der Waals surface area contributed by atoms with Crippen LogP contribution in [0.15, 0.2) is 24.3 Å². The summed E-state index contributed by atoms with van der Waals surface area (Å²) in [5.74, 6) is -0.113. The minimum Gasteiger partial charge on any atom is -0.353 e. The van der Waals surface area contributed by atoms with E-state index in [1.54, 1.807) is 4.90 Å². The van der Waals surface area contributed by atoms with Crippen LogP contribution in [0.2, 0.25) is 0 Å². The molecule has 6 heteroatoms.